The van der Waals surface area contributed by atoms with Crippen molar-refractivity contribution in [3.05, 3.63) is 50.7 Å². The number of hydrogen-bond acceptors (Lipinski definition) is 5. The van der Waals surface area contributed by atoms with Crippen LogP contribution in [0.3, 0.4) is 0 Å². The van der Waals surface area contributed by atoms with Gasteiger partial charge in [-0.2, -0.15) is 5.10 Å². The van der Waals surface area contributed by atoms with Crippen molar-refractivity contribution in [1.29, 1.82) is 0 Å². The normalized spacial score (nSPS) is 11.3. The Morgan fingerprint density at radius 2 is 2.00 bits per heavy atom. The topological polar surface area (TPSA) is 83.8 Å². The van der Waals surface area contributed by atoms with Crippen molar-refractivity contribution in [2.75, 3.05) is 12.5 Å². The van der Waals surface area contributed by atoms with Gasteiger partial charge in [0, 0.05) is 5.56 Å². The molecule has 0 saturated heterocycles. The first-order chi connectivity index (χ1) is 11.3. The zero-order chi connectivity index (χ0) is 17.9. The van der Waals surface area contributed by atoms with E-state index in [0.29, 0.717) is 11.5 Å². The zero-order valence-corrected chi connectivity index (χ0v) is 14.9. The van der Waals surface area contributed by atoms with Gasteiger partial charge >= 0.3 is 5.97 Å². The summed E-state index contributed by atoms with van der Waals surface area (Å²) >= 11 is 17.9. The minimum atomic E-state index is -1.32. The molecule has 0 bridgehead atoms. The molecule has 0 atom stereocenters. The Kier molecular flexibility index (Phi) is 5.88. The SMILES string of the molecule is COc1cccc(/C(C)=N\Nc2c(Cl)c(Cl)nc(C(=O)O)c2Cl)c1. The number of aromatic carboxylic acids is 1. The molecule has 0 spiro atoms. The first-order valence-corrected chi connectivity index (χ1v) is 7.71. The van der Waals surface area contributed by atoms with Gasteiger partial charge in [-0.3, -0.25) is 5.43 Å². The second-order valence-corrected chi connectivity index (χ2v) is 5.71. The van der Waals surface area contributed by atoms with Gasteiger partial charge in [-0.1, -0.05) is 46.9 Å². The molecular formula is C15H12Cl3N3O3. The Balaban J connectivity index is 2.38. The number of pyridine rings is 1. The molecule has 0 unspecified atom stereocenters. The number of rotatable bonds is 5. The van der Waals surface area contributed by atoms with Crippen LogP contribution in [-0.4, -0.2) is 28.9 Å². The number of nitrogens with zero attached hydrogens (tertiary/aromatic N) is 2. The predicted octanol–water partition coefficient (Wildman–Crippen LogP) is 4.58. The minimum absolute atomic E-state index is 0.0196. The lowest BCUT2D eigenvalue weighted by atomic mass is 10.1. The molecular weight excluding hydrogens is 377 g/mol. The minimum Gasteiger partial charge on any atom is -0.497 e. The fraction of sp³-hybridized carbons (Fsp3) is 0.133. The summed E-state index contributed by atoms with van der Waals surface area (Å²) in [4.78, 5) is 14.8. The van der Waals surface area contributed by atoms with E-state index in [4.69, 9.17) is 44.6 Å². The third-order valence-corrected chi connectivity index (χ3v) is 4.17. The molecule has 0 saturated carbocycles. The van der Waals surface area contributed by atoms with Gasteiger partial charge in [0.15, 0.2) is 10.8 Å². The maximum atomic E-state index is 11.1. The van der Waals surface area contributed by atoms with Gasteiger partial charge < -0.3 is 9.84 Å². The number of nitrogens with one attached hydrogen (secondary N) is 1. The molecule has 2 N–H and O–H groups in total. The van der Waals surface area contributed by atoms with E-state index in [9.17, 15) is 4.79 Å². The number of methoxy groups -OCH3 is 1. The lowest BCUT2D eigenvalue weighted by Gasteiger charge is -2.11. The number of aromatic nitrogens is 1. The summed E-state index contributed by atoms with van der Waals surface area (Å²) in [6.07, 6.45) is 0. The zero-order valence-electron chi connectivity index (χ0n) is 12.6. The maximum Gasteiger partial charge on any atom is 0.356 e. The highest BCUT2D eigenvalue weighted by atomic mass is 35.5. The molecule has 1 aromatic heterocycles. The summed E-state index contributed by atoms with van der Waals surface area (Å²) in [5, 5.41) is 12.9. The fourth-order valence-corrected chi connectivity index (χ4v) is 2.47. The van der Waals surface area contributed by atoms with Crippen molar-refractivity contribution >= 4 is 52.2 Å². The summed E-state index contributed by atoms with van der Waals surface area (Å²) in [6, 6.07) is 7.26. The predicted molar refractivity (Wildman–Crippen MR) is 95.1 cm³/mol. The Bertz CT molecular complexity index is 825. The lowest BCUT2D eigenvalue weighted by Crippen LogP contribution is -2.06. The van der Waals surface area contributed by atoms with Crippen molar-refractivity contribution in [3.8, 4) is 5.75 Å². The highest BCUT2D eigenvalue weighted by Gasteiger charge is 2.20. The number of hydrazone groups is 1. The lowest BCUT2D eigenvalue weighted by molar-refractivity contribution is 0.0691. The van der Waals surface area contributed by atoms with Gasteiger partial charge in [0.25, 0.3) is 0 Å². The average molecular weight is 389 g/mol. The van der Waals surface area contributed by atoms with Crippen LogP contribution in [0, 0.1) is 0 Å². The number of anilines is 1. The largest absolute Gasteiger partial charge is 0.497 e. The number of halogens is 3. The number of benzene rings is 1. The van der Waals surface area contributed by atoms with E-state index in [1.54, 1.807) is 26.2 Å². The number of carboxylic acids is 1. The molecule has 0 aliphatic rings. The van der Waals surface area contributed by atoms with Crippen molar-refractivity contribution in [2.45, 2.75) is 6.92 Å². The summed E-state index contributed by atoms with van der Waals surface area (Å²) in [7, 11) is 1.57. The summed E-state index contributed by atoms with van der Waals surface area (Å²) in [5.74, 6) is -0.645. The van der Waals surface area contributed by atoms with E-state index >= 15 is 0 Å². The van der Waals surface area contributed by atoms with Gasteiger partial charge in [-0.25, -0.2) is 9.78 Å². The van der Waals surface area contributed by atoms with Gasteiger partial charge in [-0.05, 0) is 19.1 Å². The monoisotopic (exact) mass is 387 g/mol. The number of hydrogen-bond donors (Lipinski definition) is 2. The first-order valence-electron chi connectivity index (χ1n) is 6.57. The molecule has 2 rings (SSSR count). The molecule has 0 radical (unpaired) electrons. The molecule has 24 heavy (non-hydrogen) atoms. The van der Waals surface area contributed by atoms with Gasteiger partial charge in [0.2, 0.25) is 0 Å². The van der Waals surface area contributed by atoms with Crippen LogP contribution in [0.5, 0.6) is 5.75 Å². The van der Waals surface area contributed by atoms with Crippen LogP contribution in [0.25, 0.3) is 0 Å². The third kappa shape index (κ3) is 3.90. The van der Waals surface area contributed by atoms with Crippen molar-refractivity contribution in [2.24, 2.45) is 5.10 Å². The van der Waals surface area contributed by atoms with Crippen molar-refractivity contribution in [1.82, 2.24) is 4.98 Å². The smallest absolute Gasteiger partial charge is 0.356 e. The summed E-state index contributed by atoms with van der Waals surface area (Å²) < 4.78 is 5.16. The quantitative estimate of drug-likeness (QED) is 0.445. The molecule has 0 aliphatic carbocycles. The number of ether oxygens (including phenoxy) is 1. The van der Waals surface area contributed by atoms with Crippen LogP contribution in [-0.2, 0) is 0 Å². The van der Waals surface area contributed by atoms with Crippen molar-refractivity contribution < 1.29 is 14.6 Å². The molecule has 0 amide bonds. The standard InChI is InChI=1S/C15H12Cl3N3O3/c1-7(8-4-3-5-9(6-8)24-2)20-21-12-10(16)13(15(22)23)19-14(18)11(12)17/h3-6H,1-2H3,(H,19,21)(H,22,23)/b20-7-. The van der Waals surface area contributed by atoms with E-state index in [2.05, 4.69) is 15.5 Å². The Morgan fingerprint density at radius 3 is 2.62 bits per heavy atom. The second-order valence-electron chi connectivity index (χ2n) is 4.60. The van der Waals surface area contributed by atoms with Crippen LogP contribution >= 0.6 is 34.8 Å². The number of carboxylic acid groups (broad SMARTS) is 1. The fourth-order valence-electron chi connectivity index (χ4n) is 1.81. The van der Waals surface area contributed by atoms with E-state index < -0.39 is 11.7 Å². The van der Waals surface area contributed by atoms with Crippen LogP contribution in [0.1, 0.15) is 23.0 Å². The van der Waals surface area contributed by atoms with E-state index in [-0.39, 0.29) is 20.9 Å². The second kappa shape index (κ2) is 7.70. The average Bonchev–Trinajstić information content (AvgIpc) is 2.57. The summed E-state index contributed by atoms with van der Waals surface area (Å²) in [6.45, 7) is 1.75. The van der Waals surface area contributed by atoms with Crippen LogP contribution in [0.15, 0.2) is 29.4 Å². The van der Waals surface area contributed by atoms with Gasteiger partial charge in [0.05, 0.1) is 18.5 Å². The molecule has 1 aromatic carbocycles. The van der Waals surface area contributed by atoms with Crippen LogP contribution < -0.4 is 10.2 Å². The molecule has 0 fully saturated rings. The molecule has 0 aliphatic heterocycles. The Hall–Kier alpha value is -2.02. The van der Waals surface area contributed by atoms with Crippen LogP contribution in [0.4, 0.5) is 5.69 Å². The van der Waals surface area contributed by atoms with E-state index in [1.807, 2.05) is 12.1 Å². The molecule has 2 aromatic rings. The molecule has 1 heterocycles. The molecule has 9 heteroatoms. The Morgan fingerprint density at radius 1 is 1.29 bits per heavy atom. The number of carbonyl (C=O) groups is 1. The first kappa shape index (κ1) is 18.3. The van der Waals surface area contributed by atoms with E-state index in [0.717, 1.165) is 5.56 Å². The van der Waals surface area contributed by atoms with Crippen LogP contribution in [0.2, 0.25) is 15.2 Å². The Labute approximate surface area is 153 Å². The third-order valence-electron chi connectivity index (χ3n) is 3.06. The molecule has 126 valence electrons. The molecule has 6 nitrogen and oxygen atoms in total. The van der Waals surface area contributed by atoms with Gasteiger partial charge in [0.1, 0.15) is 15.8 Å². The maximum absolute atomic E-state index is 11.1. The summed E-state index contributed by atoms with van der Waals surface area (Å²) in [5.41, 5.74) is 3.70. The highest BCUT2D eigenvalue weighted by molar-refractivity contribution is 6.46. The highest BCUT2D eigenvalue weighted by Crippen LogP contribution is 2.36. The van der Waals surface area contributed by atoms with Crippen molar-refractivity contribution in [3.63, 3.8) is 0 Å². The van der Waals surface area contributed by atoms with Gasteiger partial charge in [-0.15, -0.1) is 0 Å². The van der Waals surface area contributed by atoms with E-state index in [1.165, 1.54) is 0 Å².